The number of phenols is 1. The average molecular weight is 483 g/mol. The van der Waals surface area contributed by atoms with Gasteiger partial charge in [-0.25, -0.2) is 0 Å². The number of allylic oxidation sites excluding steroid dienone is 1. The van der Waals surface area contributed by atoms with Crippen molar-refractivity contribution < 1.29 is 5.11 Å². The Balaban J connectivity index is 1.41. The molecule has 0 radical (unpaired) electrons. The smallest absolute Gasteiger partial charge is 0.124 e. The van der Waals surface area contributed by atoms with Crippen molar-refractivity contribution in [3.05, 3.63) is 141 Å². The molecule has 9 rings (SSSR count). The van der Waals surface area contributed by atoms with E-state index in [1.54, 1.807) is 6.07 Å². The number of hydrogen-bond donors (Lipinski definition) is 1. The largest absolute Gasteiger partial charge is 0.507 e. The Morgan fingerprint density at radius 2 is 1.34 bits per heavy atom. The normalized spacial score (nSPS) is 15.5. The fraction of sp³-hybridized carbons (Fsp3) is 0.0270. The maximum absolute atomic E-state index is 10.9. The molecule has 7 aromatic rings. The molecule has 0 spiro atoms. The first-order valence-electron chi connectivity index (χ1n) is 13.2. The van der Waals surface area contributed by atoms with Crippen LogP contribution >= 0.6 is 0 Å². The number of rotatable bonds is 1. The Hall–Kier alpha value is -4.88. The van der Waals surface area contributed by atoms with E-state index in [1.165, 1.54) is 64.3 Å². The van der Waals surface area contributed by atoms with Gasteiger partial charge < -0.3 is 5.11 Å². The van der Waals surface area contributed by atoms with Crippen LogP contribution in [0, 0.1) is 10.4 Å². The van der Waals surface area contributed by atoms with E-state index in [4.69, 9.17) is 0 Å². The molecule has 1 atom stereocenters. The second kappa shape index (κ2) is 7.12. The highest BCUT2D eigenvalue weighted by atomic mass is 16.3. The predicted molar refractivity (Wildman–Crippen MR) is 159 cm³/mol. The molecule has 0 amide bonds. The average Bonchev–Trinajstić information content (AvgIpc) is 3.35. The van der Waals surface area contributed by atoms with Crippen molar-refractivity contribution in [1.29, 1.82) is 0 Å². The maximum atomic E-state index is 10.9. The lowest BCUT2D eigenvalue weighted by molar-refractivity contribution is 0.481. The fourth-order valence-electron chi connectivity index (χ4n) is 7.07. The molecule has 2 aliphatic carbocycles. The van der Waals surface area contributed by atoms with Crippen molar-refractivity contribution >= 4 is 61.3 Å². The Labute approximate surface area is 218 Å². The van der Waals surface area contributed by atoms with Gasteiger partial charge in [-0.1, -0.05) is 109 Å². The third kappa shape index (κ3) is 2.51. The maximum Gasteiger partial charge on any atom is 0.124 e. The zero-order valence-corrected chi connectivity index (χ0v) is 20.6. The van der Waals surface area contributed by atoms with Crippen molar-refractivity contribution in [1.82, 2.24) is 0 Å². The molecular weight excluding hydrogens is 460 g/mol. The number of benzene rings is 7. The summed E-state index contributed by atoms with van der Waals surface area (Å²) < 4.78 is 0. The van der Waals surface area contributed by atoms with Gasteiger partial charge in [0, 0.05) is 11.3 Å². The van der Waals surface area contributed by atoms with Gasteiger partial charge in [-0.15, -0.1) is 0 Å². The van der Waals surface area contributed by atoms with Gasteiger partial charge in [0.15, 0.2) is 0 Å². The summed E-state index contributed by atoms with van der Waals surface area (Å²) in [5.74, 6) is 0.492. The van der Waals surface area contributed by atoms with Gasteiger partial charge in [-0.3, -0.25) is 0 Å². The summed E-state index contributed by atoms with van der Waals surface area (Å²) >= 11 is 0. The van der Waals surface area contributed by atoms with Gasteiger partial charge in [0.25, 0.3) is 0 Å². The molecule has 2 aliphatic rings. The van der Waals surface area contributed by atoms with Gasteiger partial charge in [0.05, 0.1) is 0 Å². The summed E-state index contributed by atoms with van der Waals surface area (Å²) in [5, 5.41) is 25.9. The first-order valence-corrected chi connectivity index (χ1v) is 13.2. The lowest BCUT2D eigenvalue weighted by Gasteiger charge is -2.20. The number of hydrogen-bond acceptors (Lipinski definition) is 1. The monoisotopic (exact) mass is 482 g/mol. The number of fused-ring (bicyclic) bond motifs is 7. The molecule has 0 aromatic heterocycles. The molecule has 0 aliphatic heterocycles. The second-order valence-corrected chi connectivity index (χ2v) is 10.6. The molecule has 0 bridgehead atoms. The van der Waals surface area contributed by atoms with E-state index in [1.807, 2.05) is 6.07 Å². The molecule has 0 saturated heterocycles. The van der Waals surface area contributed by atoms with Gasteiger partial charge in [-0.05, 0) is 87.4 Å². The molecule has 1 nitrogen and oxygen atoms in total. The molecule has 176 valence electrons. The third-order valence-corrected chi connectivity index (χ3v) is 8.70. The number of phenolic OH excluding ortho intramolecular Hbond substituents is 1. The van der Waals surface area contributed by atoms with E-state index in [-0.39, 0.29) is 5.92 Å². The van der Waals surface area contributed by atoms with Crippen LogP contribution < -0.4 is 10.4 Å². The van der Waals surface area contributed by atoms with E-state index in [0.717, 1.165) is 16.3 Å². The minimum Gasteiger partial charge on any atom is -0.507 e. The van der Waals surface area contributed by atoms with Crippen LogP contribution in [0.25, 0.3) is 61.3 Å². The molecule has 7 aromatic carbocycles. The van der Waals surface area contributed by atoms with Gasteiger partial charge in [-0.2, -0.15) is 0 Å². The summed E-state index contributed by atoms with van der Waals surface area (Å²) in [7, 11) is 0. The van der Waals surface area contributed by atoms with E-state index >= 15 is 0 Å². The third-order valence-electron chi connectivity index (χ3n) is 8.70. The Bertz CT molecular complexity index is 2390. The standard InChI is InChI=1S/C37H22O/c38-33-10-4-9-29-28-17-15-25(19-31(28)36-27-8-2-1-5-24(27)20-32(36)37(29)33)26-16-13-23-12-11-21-6-3-7-22-14-18-30(26)35(23)34(21)22/h1-20,25,38H. The quantitative estimate of drug-likeness (QED) is 0.241. The summed E-state index contributed by atoms with van der Waals surface area (Å²) in [5.41, 5.74) is 3.64. The van der Waals surface area contributed by atoms with Crippen molar-refractivity contribution in [2.75, 3.05) is 0 Å². The first-order chi connectivity index (χ1) is 18.8. The predicted octanol–water partition coefficient (Wildman–Crippen LogP) is 7.46. The van der Waals surface area contributed by atoms with Crippen molar-refractivity contribution in [2.45, 2.75) is 5.92 Å². The van der Waals surface area contributed by atoms with E-state index in [0.29, 0.717) is 5.75 Å². The zero-order valence-electron chi connectivity index (χ0n) is 20.6. The zero-order chi connectivity index (χ0) is 25.0. The van der Waals surface area contributed by atoms with Gasteiger partial charge in [0.1, 0.15) is 5.75 Å². The molecule has 38 heavy (non-hydrogen) atoms. The second-order valence-electron chi connectivity index (χ2n) is 10.6. The lowest BCUT2D eigenvalue weighted by atomic mass is 9.83. The Morgan fingerprint density at radius 1 is 0.579 bits per heavy atom. The highest BCUT2D eigenvalue weighted by molar-refractivity contribution is 6.23. The van der Waals surface area contributed by atoms with Crippen LogP contribution in [0.4, 0.5) is 0 Å². The summed E-state index contributed by atoms with van der Waals surface area (Å²) in [6.45, 7) is 0. The van der Waals surface area contributed by atoms with E-state index in [2.05, 4.69) is 109 Å². The minimum absolute atomic E-state index is 0.152. The van der Waals surface area contributed by atoms with E-state index < -0.39 is 0 Å². The molecule has 1 N–H and O–H groups in total. The van der Waals surface area contributed by atoms with E-state index in [9.17, 15) is 5.11 Å². The van der Waals surface area contributed by atoms with Crippen molar-refractivity contribution in [2.24, 2.45) is 0 Å². The highest BCUT2D eigenvalue weighted by Crippen LogP contribution is 2.40. The molecule has 1 heteroatoms. The topological polar surface area (TPSA) is 20.2 Å². The van der Waals surface area contributed by atoms with Crippen LogP contribution in [-0.4, -0.2) is 5.11 Å². The molecule has 0 heterocycles. The molecule has 0 fully saturated rings. The summed E-state index contributed by atoms with van der Waals surface area (Å²) in [4.78, 5) is 0. The van der Waals surface area contributed by atoms with Crippen LogP contribution in [0.3, 0.4) is 0 Å². The van der Waals surface area contributed by atoms with Crippen molar-refractivity contribution in [3.8, 4) is 5.75 Å². The minimum atomic E-state index is 0.152. The van der Waals surface area contributed by atoms with Crippen LogP contribution in [-0.2, 0) is 0 Å². The fourth-order valence-corrected chi connectivity index (χ4v) is 7.07. The highest BCUT2D eigenvalue weighted by Gasteiger charge is 2.21. The summed E-state index contributed by atoms with van der Waals surface area (Å²) in [6.07, 6.45) is 9.29. The number of aromatic hydroxyl groups is 1. The van der Waals surface area contributed by atoms with Crippen LogP contribution in [0.15, 0.2) is 103 Å². The molecule has 0 saturated carbocycles. The van der Waals surface area contributed by atoms with Crippen LogP contribution in [0.5, 0.6) is 5.75 Å². The Morgan fingerprint density at radius 3 is 2.24 bits per heavy atom. The SMILES string of the molecule is Oc1cccc2c3c(c4c(c12)C=c1ccccc1=4)=CC(c1ccc2ccc4cccc5ccc1c2c45)C=C3. The van der Waals surface area contributed by atoms with Crippen LogP contribution in [0.1, 0.15) is 22.6 Å². The summed E-state index contributed by atoms with van der Waals surface area (Å²) in [6, 6.07) is 34.7. The lowest BCUT2D eigenvalue weighted by Crippen LogP contribution is -2.16. The molecule has 1 unspecified atom stereocenters. The van der Waals surface area contributed by atoms with Crippen molar-refractivity contribution in [3.63, 3.8) is 0 Å². The van der Waals surface area contributed by atoms with Gasteiger partial charge >= 0.3 is 0 Å². The Kier molecular flexibility index (Phi) is 3.78. The first kappa shape index (κ1) is 20.2. The van der Waals surface area contributed by atoms with Crippen LogP contribution in [0.2, 0.25) is 0 Å². The van der Waals surface area contributed by atoms with Gasteiger partial charge in [0.2, 0.25) is 0 Å². The molecular formula is C37H22O.